The maximum absolute atomic E-state index is 11.5. The summed E-state index contributed by atoms with van der Waals surface area (Å²) in [6.45, 7) is 0. The van der Waals surface area contributed by atoms with E-state index in [2.05, 4.69) is 0 Å². The van der Waals surface area contributed by atoms with E-state index in [-0.39, 0.29) is 5.97 Å². The molecule has 3 heteroatoms. The van der Waals surface area contributed by atoms with E-state index in [0.717, 1.165) is 24.2 Å². The van der Waals surface area contributed by atoms with E-state index in [1.807, 2.05) is 0 Å². The molecule has 4 bridgehead atoms. The maximum Gasteiger partial charge on any atom is 0.322 e. The Morgan fingerprint density at radius 1 is 1.24 bits per heavy atom. The minimum Gasteiger partial charge on any atom is -0.468 e. The van der Waals surface area contributed by atoms with E-state index in [1.165, 1.54) is 45.6 Å². The highest BCUT2D eigenvalue weighted by atomic mass is 16.5. The average Bonchev–Trinajstić information content (AvgIpc) is 2.25. The number of carbonyl (C=O) groups is 1. The Morgan fingerprint density at radius 2 is 1.71 bits per heavy atom. The molecule has 4 aliphatic rings. The zero-order chi connectivity index (χ0) is 12.0. The SMILES string of the molecule is COC(=O)C(N)CC12CC3CC(CC(C3)C1)C2. The Balaban J connectivity index is 1.72. The van der Waals surface area contributed by atoms with Crippen LogP contribution in [0.4, 0.5) is 0 Å². The van der Waals surface area contributed by atoms with Crippen LogP contribution in [0.5, 0.6) is 0 Å². The van der Waals surface area contributed by atoms with Gasteiger partial charge in [0.2, 0.25) is 0 Å². The fourth-order valence-electron chi connectivity index (χ4n) is 5.24. The predicted octanol–water partition coefficient (Wildman–Crippen LogP) is 2.09. The zero-order valence-electron chi connectivity index (χ0n) is 10.7. The third-order valence-corrected chi connectivity index (χ3v) is 5.32. The van der Waals surface area contributed by atoms with Gasteiger partial charge in [-0.15, -0.1) is 0 Å². The molecule has 1 atom stereocenters. The molecule has 0 radical (unpaired) electrons. The van der Waals surface area contributed by atoms with E-state index in [9.17, 15) is 4.79 Å². The molecule has 1 unspecified atom stereocenters. The third kappa shape index (κ3) is 1.99. The third-order valence-electron chi connectivity index (χ3n) is 5.32. The van der Waals surface area contributed by atoms with E-state index >= 15 is 0 Å². The van der Waals surface area contributed by atoms with E-state index in [1.54, 1.807) is 0 Å². The van der Waals surface area contributed by atoms with Crippen LogP contribution >= 0.6 is 0 Å². The summed E-state index contributed by atoms with van der Waals surface area (Å²) >= 11 is 0. The first kappa shape index (κ1) is 11.5. The molecule has 0 aromatic heterocycles. The molecule has 4 rings (SSSR count). The molecule has 4 saturated carbocycles. The Labute approximate surface area is 103 Å². The van der Waals surface area contributed by atoms with Gasteiger partial charge in [0.25, 0.3) is 0 Å². The molecule has 0 saturated heterocycles. The number of esters is 1. The van der Waals surface area contributed by atoms with Crippen molar-refractivity contribution in [3.63, 3.8) is 0 Å². The quantitative estimate of drug-likeness (QED) is 0.765. The van der Waals surface area contributed by atoms with Gasteiger partial charge >= 0.3 is 5.97 Å². The largest absolute Gasteiger partial charge is 0.468 e. The van der Waals surface area contributed by atoms with E-state index in [4.69, 9.17) is 10.5 Å². The van der Waals surface area contributed by atoms with Crippen molar-refractivity contribution < 1.29 is 9.53 Å². The van der Waals surface area contributed by atoms with Gasteiger partial charge in [-0.1, -0.05) is 0 Å². The molecular formula is C14H23NO2. The van der Waals surface area contributed by atoms with Crippen LogP contribution in [0.3, 0.4) is 0 Å². The summed E-state index contributed by atoms with van der Waals surface area (Å²) in [5, 5.41) is 0. The number of hydrogen-bond acceptors (Lipinski definition) is 3. The molecular weight excluding hydrogens is 214 g/mol. The molecule has 17 heavy (non-hydrogen) atoms. The minimum absolute atomic E-state index is 0.235. The number of hydrogen-bond donors (Lipinski definition) is 1. The van der Waals surface area contributed by atoms with Gasteiger partial charge in [0.05, 0.1) is 7.11 Å². The molecule has 0 aliphatic heterocycles. The number of methoxy groups -OCH3 is 1. The van der Waals surface area contributed by atoms with Crippen LogP contribution in [0.25, 0.3) is 0 Å². The number of rotatable bonds is 3. The second-order valence-electron chi connectivity index (χ2n) is 6.75. The van der Waals surface area contributed by atoms with Crippen molar-refractivity contribution in [2.75, 3.05) is 7.11 Å². The van der Waals surface area contributed by atoms with Crippen molar-refractivity contribution in [3.8, 4) is 0 Å². The van der Waals surface area contributed by atoms with Crippen molar-refractivity contribution in [3.05, 3.63) is 0 Å². The van der Waals surface area contributed by atoms with Crippen molar-refractivity contribution in [2.45, 2.75) is 51.0 Å². The molecule has 2 N–H and O–H groups in total. The van der Waals surface area contributed by atoms with Gasteiger partial charge in [-0.25, -0.2) is 0 Å². The fourth-order valence-corrected chi connectivity index (χ4v) is 5.24. The molecule has 0 heterocycles. The topological polar surface area (TPSA) is 52.3 Å². The summed E-state index contributed by atoms with van der Waals surface area (Å²) in [5.74, 6) is 2.53. The lowest BCUT2D eigenvalue weighted by Gasteiger charge is -2.57. The summed E-state index contributed by atoms with van der Waals surface area (Å²) in [4.78, 5) is 11.5. The molecule has 96 valence electrons. The van der Waals surface area contributed by atoms with Gasteiger partial charge in [-0.05, 0) is 68.1 Å². The molecule has 0 spiro atoms. The van der Waals surface area contributed by atoms with Gasteiger partial charge in [0, 0.05) is 0 Å². The first-order valence-corrected chi connectivity index (χ1v) is 6.94. The first-order valence-electron chi connectivity index (χ1n) is 6.94. The highest BCUT2D eigenvalue weighted by Crippen LogP contribution is 2.61. The van der Waals surface area contributed by atoms with Crippen LogP contribution in [0.2, 0.25) is 0 Å². The second kappa shape index (κ2) is 3.98. The molecule has 4 fully saturated rings. The Kier molecular flexibility index (Phi) is 2.69. The number of carbonyl (C=O) groups excluding carboxylic acids is 1. The van der Waals surface area contributed by atoms with Crippen LogP contribution < -0.4 is 5.73 Å². The monoisotopic (exact) mass is 237 g/mol. The van der Waals surface area contributed by atoms with Crippen LogP contribution in [-0.4, -0.2) is 19.1 Å². The van der Waals surface area contributed by atoms with Crippen LogP contribution in [0, 0.1) is 23.2 Å². The number of nitrogens with two attached hydrogens (primary N) is 1. The van der Waals surface area contributed by atoms with Crippen molar-refractivity contribution >= 4 is 5.97 Å². The normalized spacial score (nSPS) is 44.7. The van der Waals surface area contributed by atoms with Crippen LogP contribution in [0.15, 0.2) is 0 Å². The fraction of sp³-hybridized carbons (Fsp3) is 0.929. The molecule has 0 aromatic carbocycles. The summed E-state index contributed by atoms with van der Waals surface area (Å²) in [5.41, 5.74) is 6.35. The standard InChI is InChI=1S/C14H23NO2/c1-17-13(16)12(15)8-14-5-9-2-10(6-14)4-11(3-9)7-14/h9-12H,2-8,15H2,1H3. The Hall–Kier alpha value is -0.570. The summed E-state index contributed by atoms with van der Waals surface area (Å²) in [6.07, 6.45) is 9.09. The smallest absolute Gasteiger partial charge is 0.322 e. The second-order valence-corrected chi connectivity index (χ2v) is 6.75. The average molecular weight is 237 g/mol. The van der Waals surface area contributed by atoms with Gasteiger partial charge in [0.15, 0.2) is 0 Å². The lowest BCUT2D eigenvalue weighted by Crippen LogP contribution is -2.49. The highest BCUT2D eigenvalue weighted by Gasteiger charge is 2.51. The summed E-state index contributed by atoms with van der Waals surface area (Å²) in [6, 6.07) is -0.406. The number of ether oxygens (including phenoxy) is 1. The lowest BCUT2D eigenvalue weighted by molar-refractivity contribution is -0.144. The Bertz CT molecular complexity index is 291. The van der Waals surface area contributed by atoms with E-state index < -0.39 is 6.04 Å². The van der Waals surface area contributed by atoms with E-state index in [0.29, 0.717) is 5.41 Å². The maximum atomic E-state index is 11.5. The molecule has 0 amide bonds. The van der Waals surface area contributed by atoms with Gasteiger partial charge in [-0.3, -0.25) is 4.79 Å². The van der Waals surface area contributed by atoms with Crippen molar-refractivity contribution in [2.24, 2.45) is 28.9 Å². The lowest BCUT2D eigenvalue weighted by atomic mass is 9.48. The summed E-state index contributed by atoms with van der Waals surface area (Å²) < 4.78 is 4.76. The highest BCUT2D eigenvalue weighted by molar-refractivity contribution is 5.75. The predicted molar refractivity (Wildman–Crippen MR) is 65.2 cm³/mol. The first-order chi connectivity index (χ1) is 8.10. The van der Waals surface area contributed by atoms with Gasteiger partial charge in [0.1, 0.15) is 6.04 Å². The molecule has 3 nitrogen and oxygen atoms in total. The van der Waals surface area contributed by atoms with Crippen LogP contribution in [-0.2, 0) is 9.53 Å². The minimum atomic E-state index is -0.406. The summed E-state index contributed by atoms with van der Waals surface area (Å²) in [7, 11) is 1.43. The van der Waals surface area contributed by atoms with Crippen molar-refractivity contribution in [1.29, 1.82) is 0 Å². The van der Waals surface area contributed by atoms with Gasteiger partial charge in [-0.2, -0.15) is 0 Å². The van der Waals surface area contributed by atoms with Crippen LogP contribution in [0.1, 0.15) is 44.9 Å². The zero-order valence-corrected chi connectivity index (χ0v) is 10.7. The van der Waals surface area contributed by atoms with Crippen molar-refractivity contribution in [1.82, 2.24) is 0 Å². The molecule has 0 aromatic rings. The Morgan fingerprint density at radius 3 is 2.12 bits per heavy atom. The molecule has 4 aliphatic carbocycles. The van der Waals surface area contributed by atoms with Gasteiger partial charge < -0.3 is 10.5 Å².